The zero-order valence-corrected chi connectivity index (χ0v) is 16.3. The third-order valence-corrected chi connectivity index (χ3v) is 5.29. The molecule has 0 spiro atoms. The molecule has 5 heteroatoms. The fourth-order valence-corrected chi connectivity index (χ4v) is 3.66. The van der Waals surface area contributed by atoms with E-state index in [1.807, 2.05) is 54.6 Å². The fraction of sp³-hybridized carbons (Fsp3) is 0.348. The highest BCUT2D eigenvalue weighted by Gasteiger charge is 2.18. The molecular formula is C23H26N2O3. The van der Waals surface area contributed by atoms with Crippen molar-refractivity contribution in [3.05, 3.63) is 65.0 Å². The lowest BCUT2D eigenvalue weighted by atomic mass is 10.0. The highest BCUT2D eigenvalue weighted by atomic mass is 16.5. The Hall–Kier alpha value is -2.63. The van der Waals surface area contributed by atoms with Crippen LogP contribution in [0.4, 0.5) is 0 Å². The van der Waals surface area contributed by atoms with Crippen molar-refractivity contribution >= 4 is 11.0 Å². The lowest BCUT2D eigenvalue weighted by Crippen LogP contribution is -2.44. The second-order valence-electron chi connectivity index (χ2n) is 7.30. The first-order valence-electron chi connectivity index (χ1n) is 9.87. The molecule has 1 aliphatic rings. The topological polar surface area (TPSA) is 45.9 Å². The number of rotatable bonds is 6. The lowest BCUT2D eigenvalue weighted by Gasteiger charge is -2.32. The summed E-state index contributed by atoms with van der Waals surface area (Å²) in [5.74, 6) is 0.622. The van der Waals surface area contributed by atoms with Crippen molar-refractivity contribution in [2.45, 2.75) is 6.42 Å². The van der Waals surface area contributed by atoms with E-state index in [2.05, 4.69) is 16.8 Å². The van der Waals surface area contributed by atoms with E-state index >= 15 is 0 Å². The van der Waals surface area contributed by atoms with Crippen molar-refractivity contribution < 1.29 is 9.15 Å². The van der Waals surface area contributed by atoms with Gasteiger partial charge < -0.3 is 19.0 Å². The second kappa shape index (κ2) is 8.59. The molecule has 4 rings (SSSR count). The van der Waals surface area contributed by atoms with Gasteiger partial charge in [-0.15, -0.1) is 0 Å². The predicted molar refractivity (Wildman–Crippen MR) is 112 cm³/mol. The van der Waals surface area contributed by atoms with Crippen molar-refractivity contribution in [3.8, 4) is 16.9 Å². The van der Waals surface area contributed by atoms with E-state index in [1.54, 1.807) is 0 Å². The molecule has 146 valence electrons. The smallest absolute Gasteiger partial charge is 0.347 e. The number of hydrogen-bond acceptors (Lipinski definition) is 5. The molecule has 1 aromatic heterocycles. The summed E-state index contributed by atoms with van der Waals surface area (Å²) >= 11 is 0. The third kappa shape index (κ3) is 4.11. The minimum absolute atomic E-state index is 0.362. The molecule has 0 bridgehead atoms. The molecule has 0 aliphatic carbocycles. The highest BCUT2D eigenvalue weighted by molar-refractivity contribution is 5.90. The maximum atomic E-state index is 12.7. The SMILES string of the molecule is CN1CCN(CCCOc2c(-c3ccccc3)c(=O)oc3ccccc23)CC1. The molecule has 0 unspecified atom stereocenters. The van der Waals surface area contributed by atoms with Crippen LogP contribution in [0.1, 0.15) is 6.42 Å². The Kier molecular flexibility index (Phi) is 5.74. The van der Waals surface area contributed by atoms with Gasteiger partial charge in [-0.2, -0.15) is 0 Å². The van der Waals surface area contributed by atoms with Crippen molar-refractivity contribution in [1.82, 2.24) is 9.80 Å². The van der Waals surface area contributed by atoms with Gasteiger partial charge in [0.05, 0.1) is 12.0 Å². The lowest BCUT2D eigenvalue weighted by molar-refractivity contribution is 0.145. The molecule has 1 aliphatic heterocycles. The first-order valence-corrected chi connectivity index (χ1v) is 9.87. The summed E-state index contributed by atoms with van der Waals surface area (Å²) in [5, 5.41) is 0.834. The van der Waals surface area contributed by atoms with E-state index in [9.17, 15) is 4.79 Å². The summed E-state index contributed by atoms with van der Waals surface area (Å²) in [6.07, 6.45) is 0.923. The number of para-hydroxylation sites is 1. The van der Waals surface area contributed by atoms with Crippen molar-refractivity contribution in [3.63, 3.8) is 0 Å². The van der Waals surface area contributed by atoms with Crippen LogP contribution >= 0.6 is 0 Å². The number of benzene rings is 2. The summed E-state index contributed by atoms with van der Waals surface area (Å²) in [4.78, 5) is 17.5. The summed E-state index contributed by atoms with van der Waals surface area (Å²) in [7, 11) is 2.16. The van der Waals surface area contributed by atoms with E-state index in [4.69, 9.17) is 9.15 Å². The van der Waals surface area contributed by atoms with Crippen LogP contribution in [-0.4, -0.2) is 56.2 Å². The van der Waals surface area contributed by atoms with Gasteiger partial charge >= 0.3 is 5.63 Å². The largest absolute Gasteiger partial charge is 0.492 e. The standard InChI is InChI=1S/C23H26N2O3/c1-24-13-15-25(16-14-24)12-7-17-27-22-19-10-5-6-11-20(19)28-23(26)21(22)18-8-3-2-4-9-18/h2-6,8-11H,7,12-17H2,1H3. The average Bonchev–Trinajstić information content (AvgIpc) is 2.73. The summed E-state index contributed by atoms with van der Waals surface area (Å²) in [6.45, 7) is 6.01. The number of ether oxygens (including phenoxy) is 1. The first kappa shape index (κ1) is 18.7. The summed E-state index contributed by atoms with van der Waals surface area (Å²) < 4.78 is 11.8. The van der Waals surface area contributed by atoms with E-state index in [-0.39, 0.29) is 5.63 Å². The maximum Gasteiger partial charge on any atom is 0.347 e. The van der Waals surface area contributed by atoms with Gasteiger partial charge in [0.25, 0.3) is 0 Å². The van der Waals surface area contributed by atoms with Gasteiger partial charge in [-0.3, -0.25) is 0 Å². The Bertz CT molecular complexity index is 976. The molecule has 0 radical (unpaired) electrons. The monoisotopic (exact) mass is 378 g/mol. The molecule has 0 N–H and O–H groups in total. The number of likely N-dealkylation sites (N-methyl/N-ethyl adjacent to an activating group) is 1. The first-order chi connectivity index (χ1) is 13.7. The molecule has 5 nitrogen and oxygen atoms in total. The Labute approximate surface area is 165 Å². The highest BCUT2D eigenvalue weighted by Crippen LogP contribution is 2.34. The predicted octanol–water partition coefficient (Wildman–Crippen LogP) is 3.48. The Balaban J connectivity index is 1.55. The Morgan fingerprint density at radius 1 is 0.964 bits per heavy atom. The normalized spacial score (nSPS) is 15.8. The quantitative estimate of drug-likeness (QED) is 0.485. The average molecular weight is 378 g/mol. The van der Waals surface area contributed by atoms with Gasteiger partial charge in [-0.1, -0.05) is 42.5 Å². The Morgan fingerprint density at radius 3 is 2.46 bits per heavy atom. The van der Waals surface area contributed by atoms with Crippen molar-refractivity contribution in [2.24, 2.45) is 0 Å². The van der Waals surface area contributed by atoms with Crippen LogP contribution in [0.25, 0.3) is 22.1 Å². The van der Waals surface area contributed by atoms with E-state index < -0.39 is 0 Å². The molecule has 2 aromatic carbocycles. The zero-order chi connectivity index (χ0) is 19.3. The molecule has 1 fully saturated rings. The number of fused-ring (bicyclic) bond motifs is 1. The van der Waals surface area contributed by atoms with Crippen molar-refractivity contribution in [2.75, 3.05) is 46.4 Å². The van der Waals surface area contributed by atoms with Gasteiger partial charge in [0, 0.05) is 32.7 Å². The van der Waals surface area contributed by atoms with Crippen LogP contribution in [0.15, 0.2) is 63.8 Å². The van der Waals surface area contributed by atoms with Gasteiger partial charge in [-0.05, 0) is 31.2 Å². The van der Waals surface area contributed by atoms with Gasteiger partial charge in [-0.25, -0.2) is 4.79 Å². The fourth-order valence-electron chi connectivity index (χ4n) is 3.66. The van der Waals surface area contributed by atoms with Crippen LogP contribution in [0.3, 0.4) is 0 Å². The zero-order valence-electron chi connectivity index (χ0n) is 16.3. The van der Waals surface area contributed by atoms with E-state index in [0.717, 1.165) is 50.1 Å². The van der Waals surface area contributed by atoms with Gasteiger partial charge in [0.1, 0.15) is 16.9 Å². The van der Waals surface area contributed by atoms with Crippen LogP contribution in [0.2, 0.25) is 0 Å². The molecule has 0 amide bonds. The molecule has 28 heavy (non-hydrogen) atoms. The van der Waals surface area contributed by atoms with Gasteiger partial charge in [0.15, 0.2) is 0 Å². The molecule has 3 aromatic rings. The molecule has 0 atom stereocenters. The number of nitrogens with zero attached hydrogens (tertiary/aromatic N) is 2. The molecule has 2 heterocycles. The van der Waals surface area contributed by atoms with Crippen LogP contribution in [0.5, 0.6) is 5.75 Å². The van der Waals surface area contributed by atoms with E-state index in [1.165, 1.54) is 0 Å². The van der Waals surface area contributed by atoms with Gasteiger partial charge in [0.2, 0.25) is 0 Å². The van der Waals surface area contributed by atoms with E-state index in [0.29, 0.717) is 23.5 Å². The third-order valence-electron chi connectivity index (χ3n) is 5.29. The number of hydrogen-bond donors (Lipinski definition) is 0. The molecule has 1 saturated heterocycles. The second-order valence-corrected chi connectivity index (χ2v) is 7.30. The molecular weight excluding hydrogens is 352 g/mol. The molecule has 0 saturated carbocycles. The van der Waals surface area contributed by atoms with Crippen LogP contribution < -0.4 is 10.4 Å². The van der Waals surface area contributed by atoms with Crippen molar-refractivity contribution in [1.29, 1.82) is 0 Å². The number of piperazine rings is 1. The Morgan fingerprint density at radius 2 is 1.68 bits per heavy atom. The minimum Gasteiger partial charge on any atom is -0.492 e. The minimum atomic E-state index is -0.362. The van der Waals surface area contributed by atoms with Crippen LogP contribution in [-0.2, 0) is 0 Å². The summed E-state index contributed by atoms with van der Waals surface area (Å²) in [5.41, 5.74) is 1.51. The summed E-state index contributed by atoms with van der Waals surface area (Å²) in [6, 6.07) is 17.2. The maximum absolute atomic E-state index is 12.7. The van der Waals surface area contributed by atoms with Crippen LogP contribution in [0, 0.1) is 0 Å².